The van der Waals surface area contributed by atoms with Gasteiger partial charge in [0.1, 0.15) is 6.04 Å². The molecule has 166 valence electrons. The van der Waals surface area contributed by atoms with Gasteiger partial charge in [-0.05, 0) is 28.8 Å². The molecule has 2 amide bonds. The number of likely N-dealkylation sites (N-methyl/N-ethyl adjacent to an activating group) is 1. The SMILES string of the molecule is CNC(=O)C(c1ccccc1)N(Cc1ccccc1)C(=O)Cc1ccc(OC)c(OC)c1. The Morgan fingerprint density at radius 2 is 1.47 bits per heavy atom. The van der Waals surface area contributed by atoms with Gasteiger partial charge in [-0.25, -0.2) is 0 Å². The molecule has 0 aromatic heterocycles. The Morgan fingerprint density at radius 3 is 2.06 bits per heavy atom. The number of hydrogen-bond acceptors (Lipinski definition) is 4. The van der Waals surface area contributed by atoms with Crippen molar-refractivity contribution in [2.75, 3.05) is 21.3 Å². The molecule has 0 aliphatic heterocycles. The van der Waals surface area contributed by atoms with Gasteiger partial charge in [-0.1, -0.05) is 66.7 Å². The maximum absolute atomic E-state index is 13.6. The molecule has 1 N–H and O–H groups in total. The molecule has 0 fully saturated rings. The van der Waals surface area contributed by atoms with E-state index in [2.05, 4.69) is 5.32 Å². The van der Waals surface area contributed by atoms with E-state index in [4.69, 9.17) is 9.47 Å². The minimum Gasteiger partial charge on any atom is -0.493 e. The van der Waals surface area contributed by atoms with Gasteiger partial charge in [0.05, 0.1) is 20.6 Å². The number of carbonyl (C=O) groups is 2. The van der Waals surface area contributed by atoms with Crippen LogP contribution in [0.15, 0.2) is 78.9 Å². The van der Waals surface area contributed by atoms with Gasteiger partial charge in [0.2, 0.25) is 11.8 Å². The second-order valence-electron chi connectivity index (χ2n) is 7.30. The third-order valence-corrected chi connectivity index (χ3v) is 5.24. The number of carbonyl (C=O) groups excluding carboxylic acids is 2. The highest BCUT2D eigenvalue weighted by Crippen LogP contribution is 2.29. The normalized spacial score (nSPS) is 11.3. The zero-order chi connectivity index (χ0) is 22.9. The van der Waals surface area contributed by atoms with E-state index in [0.29, 0.717) is 18.0 Å². The molecule has 0 aliphatic rings. The summed E-state index contributed by atoms with van der Waals surface area (Å²) in [5.74, 6) is 0.738. The number of benzene rings is 3. The van der Waals surface area contributed by atoms with Crippen molar-refractivity contribution < 1.29 is 19.1 Å². The van der Waals surface area contributed by atoms with Crippen LogP contribution in [0.1, 0.15) is 22.7 Å². The predicted molar refractivity (Wildman–Crippen MR) is 123 cm³/mol. The molecule has 0 radical (unpaired) electrons. The smallest absolute Gasteiger partial charge is 0.247 e. The third-order valence-electron chi connectivity index (χ3n) is 5.24. The van der Waals surface area contributed by atoms with E-state index in [1.54, 1.807) is 38.3 Å². The van der Waals surface area contributed by atoms with Crippen LogP contribution in [0.2, 0.25) is 0 Å². The summed E-state index contributed by atoms with van der Waals surface area (Å²) in [6.07, 6.45) is 0.119. The second kappa shape index (κ2) is 11.0. The van der Waals surface area contributed by atoms with E-state index in [1.807, 2.05) is 66.7 Å². The second-order valence-corrected chi connectivity index (χ2v) is 7.30. The lowest BCUT2D eigenvalue weighted by atomic mass is 10.0. The van der Waals surface area contributed by atoms with Gasteiger partial charge in [0, 0.05) is 13.6 Å². The fraction of sp³-hybridized carbons (Fsp3) is 0.231. The van der Waals surface area contributed by atoms with E-state index >= 15 is 0 Å². The van der Waals surface area contributed by atoms with Crippen LogP contribution in [0.25, 0.3) is 0 Å². The minimum atomic E-state index is -0.756. The topological polar surface area (TPSA) is 67.9 Å². The molecule has 0 saturated carbocycles. The first-order valence-electron chi connectivity index (χ1n) is 10.4. The third kappa shape index (κ3) is 5.46. The molecule has 0 spiro atoms. The number of amides is 2. The quantitative estimate of drug-likeness (QED) is 0.559. The summed E-state index contributed by atoms with van der Waals surface area (Å²) in [4.78, 5) is 28.1. The van der Waals surface area contributed by atoms with Crippen molar-refractivity contribution in [2.24, 2.45) is 0 Å². The fourth-order valence-corrected chi connectivity index (χ4v) is 3.62. The van der Waals surface area contributed by atoms with Gasteiger partial charge in [-0.2, -0.15) is 0 Å². The van der Waals surface area contributed by atoms with Crippen LogP contribution in [-0.2, 0) is 22.6 Å². The Balaban J connectivity index is 1.97. The molecule has 32 heavy (non-hydrogen) atoms. The maximum atomic E-state index is 13.6. The summed E-state index contributed by atoms with van der Waals surface area (Å²) < 4.78 is 10.7. The van der Waals surface area contributed by atoms with Gasteiger partial charge in [0.25, 0.3) is 0 Å². The summed E-state index contributed by atoms with van der Waals surface area (Å²) in [5, 5.41) is 2.71. The van der Waals surface area contributed by atoms with E-state index in [9.17, 15) is 9.59 Å². The molecule has 3 aromatic rings. The minimum absolute atomic E-state index is 0.119. The van der Waals surface area contributed by atoms with Crippen molar-refractivity contribution in [2.45, 2.75) is 19.0 Å². The lowest BCUT2D eigenvalue weighted by Gasteiger charge is -2.31. The zero-order valence-electron chi connectivity index (χ0n) is 18.6. The summed E-state index contributed by atoms with van der Waals surface area (Å²) in [6.45, 7) is 0.305. The van der Waals surface area contributed by atoms with Crippen molar-refractivity contribution in [1.82, 2.24) is 10.2 Å². The molecular formula is C26H28N2O4. The first kappa shape index (κ1) is 22.9. The van der Waals surface area contributed by atoms with Crippen LogP contribution in [0.4, 0.5) is 0 Å². The Bertz CT molecular complexity index is 1040. The number of nitrogens with zero attached hydrogens (tertiary/aromatic N) is 1. The monoisotopic (exact) mass is 432 g/mol. The summed E-state index contributed by atoms with van der Waals surface area (Å²) >= 11 is 0. The summed E-state index contributed by atoms with van der Waals surface area (Å²) in [5.41, 5.74) is 2.47. The summed E-state index contributed by atoms with van der Waals surface area (Å²) in [7, 11) is 4.71. The lowest BCUT2D eigenvalue weighted by Crippen LogP contribution is -2.43. The molecule has 3 aromatic carbocycles. The molecular weight excluding hydrogens is 404 g/mol. The molecule has 3 rings (SSSR count). The predicted octanol–water partition coefficient (Wildman–Crippen LogP) is 3.76. The number of ether oxygens (including phenoxy) is 2. The Kier molecular flexibility index (Phi) is 7.86. The molecule has 6 nitrogen and oxygen atoms in total. The molecule has 6 heteroatoms. The Hall–Kier alpha value is -3.80. The Labute approximate surface area is 188 Å². The molecule has 0 bridgehead atoms. The largest absolute Gasteiger partial charge is 0.493 e. The first-order valence-corrected chi connectivity index (χ1v) is 10.4. The summed E-state index contributed by atoms with van der Waals surface area (Å²) in [6, 6.07) is 23.6. The van der Waals surface area contributed by atoms with Crippen LogP contribution >= 0.6 is 0 Å². The molecule has 0 heterocycles. The fourth-order valence-electron chi connectivity index (χ4n) is 3.62. The maximum Gasteiger partial charge on any atom is 0.247 e. The van der Waals surface area contributed by atoms with Crippen LogP contribution < -0.4 is 14.8 Å². The molecule has 0 aliphatic carbocycles. The van der Waals surface area contributed by atoms with E-state index in [-0.39, 0.29) is 18.2 Å². The average molecular weight is 433 g/mol. The Morgan fingerprint density at radius 1 is 0.844 bits per heavy atom. The zero-order valence-corrected chi connectivity index (χ0v) is 18.6. The molecule has 1 atom stereocenters. The van der Waals surface area contributed by atoms with Crippen molar-refractivity contribution in [3.8, 4) is 11.5 Å². The lowest BCUT2D eigenvalue weighted by molar-refractivity contribution is -0.141. The standard InChI is InChI=1S/C26H28N2O4/c1-27-26(30)25(21-12-8-5-9-13-21)28(18-19-10-6-4-7-11-19)24(29)17-20-14-15-22(31-2)23(16-20)32-3/h4-16,25H,17-18H2,1-3H3,(H,27,30). The van der Waals surface area contributed by atoms with Gasteiger partial charge < -0.3 is 19.7 Å². The van der Waals surface area contributed by atoms with Crippen molar-refractivity contribution in [1.29, 1.82) is 0 Å². The number of methoxy groups -OCH3 is 2. The highest BCUT2D eigenvalue weighted by molar-refractivity contribution is 5.89. The van der Waals surface area contributed by atoms with Crippen LogP contribution in [0, 0.1) is 0 Å². The highest BCUT2D eigenvalue weighted by atomic mass is 16.5. The van der Waals surface area contributed by atoms with Gasteiger partial charge in [0.15, 0.2) is 11.5 Å². The number of rotatable bonds is 9. The van der Waals surface area contributed by atoms with Crippen molar-refractivity contribution in [3.05, 3.63) is 95.6 Å². The highest BCUT2D eigenvalue weighted by Gasteiger charge is 2.31. The van der Waals surface area contributed by atoms with Crippen LogP contribution in [0.5, 0.6) is 11.5 Å². The van der Waals surface area contributed by atoms with Gasteiger partial charge >= 0.3 is 0 Å². The number of nitrogens with one attached hydrogen (secondary N) is 1. The van der Waals surface area contributed by atoms with Gasteiger partial charge in [-0.15, -0.1) is 0 Å². The number of hydrogen-bond donors (Lipinski definition) is 1. The molecule has 0 saturated heterocycles. The van der Waals surface area contributed by atoms with Gasteiger partial charge in [-0.3, -0.25) is 9.59 Å². The average Bonchev–Trinajstić information content (AvgIpc) is 2.84. The van der Waals surface area contributed by atoms with Crippen molar-refractivity contribution >= 4 is 11.8 Å². The van der Waals surface area contributed by atoms with Crippen molar-refractivity contribution in [3.63, 3.8) is 0 Å². The first-order chi connectivity index (χ1) is 15.6. The van der Waals surface area contributed by atoms with E-state index in [0.717, 1.165) is 16.7 Å². The van der Waals surface area contributed by atoms with E-state index in [1.165, 1.54) is 0 Å². The van der Waals surface area contributed by atoms with E-state index < -0.39 is 6.04 Å². The van der Waals surface area contributed by atoms with Crippen LogP contribution in [-0.4, -0.2) is 38.0 Å². The van der Waals surface area contributed by atoms with Crippen LogP contribution in [0.3, 0.4) is 0 Å². The molecule has 1 unspecified atom stereocenters.